The largest absolute Gasteiger partial charge is 0.419 e. The van der Waals surface area contributed by atoms with Crippen molar-refractivity contribution in [2.45, 2.75) is 32.2 Å². The molecular weight excluding hydrogens is 285 g/mol. The molecule has 1 unspecified atom stereocenters. The van der Waals surface area contributed by atoms with Crippen molar-refractivity contribution in [1.82, 2.24) is 0 Å². The molecule has 3 nitrogen and oxygen atoms in total. The lowest BCUT2D eigenvalue weighted by atomic mass is 10.1. The van der Waals surface area contributed by atoms with Gasteiger partial charge in [-0.2, -0.15) is 8.78 Å². The van der Waals surface area contributed by atoms with Gasteiger partial charge in [0.1, 0.15) is 6.04 Å². The zero-order chi connectivity index (χ0) is 15.4. The van der Waals surface area contributed by atoms with Crippen LogP contribution in [0.25, 0.3) is 0 Å². The maximum Gasteiger partial charge on any atom is 0.328 e. The SMILES string of the molecule is CCCCC(N)C(=O)Oc1c(F)c(F)c(F)c(F)c1F. The maximum absolute atomic E-state index is 13.2. The Morgan fingerprint density at radius 1 is 1.05 bits per heavy atom. The van der Waals surface area contributed by atoms with Gasteiger partial charge in [-0.15, -0.1) is 0 Å². The average molecular weight is 297 g/mol. The van der Waals surface area contributed by atoms with E-state index in [-0.39, 0.29) is 6.42 Å². The average Bonchev–Trinajstić information content (AvgIpc) is 2.44. The summed E-state index contributed by atoms with van der Waals surface area (Å²) in [4.78, 5) is 11.4. The van der Waals surface area contributed by atoms with Gasteiger partial charge < -0.3 is 10.5 Å². The highest BCUT2D eigenvalue weighted by Gasteiger charge is 2.29. The Kier molecular flexibility index (Phi) is 5.43. The van der Waals surface area contributed by atoms with Crippen LogP contribution in [0.15, 0.2) is 0 Å². The number of rotatable bonds is 5. The second kappa shape index (κ2) is 6.65. The van der Waals surface area contributed by atoms with E-state index in [2.05, 4.69) is 4.74 Å². The summed E-state index contributed by atoms with van der Waals surface area (Å²) in [6.07, 6.45) is 1.43. The number of halogens is 5. The first kappa shape index (κ1) is 16.4. The molecule has 0 spiro atoms. The van der Waals surface area contributed by atoms with Crippen molar-refractivity contribution in [3.63, 3.8) is 0 Å². The third-order valence-corrected chi connectivity index (χ3v) is 2.54. The van der Waals surface area contributed by atoms with Crippen LogP contribution in [-0.2, 0) is 4.79 Å². The van der Waals surface area contributed by atoms with Crippen molar-refractivity contribution in [1.29, 1.82) is 0 Å². The van der Waals surface area contributed by atoms with Gasteiger partial charge >= 0.3 is 5.97 Å². The summed E-state index contributed by atoms with van der Waals surface area (Å²) in [5, 5.41) is 0. The number of carbonyl (C=O) groups excluding carboxylic acids is 1. The summed E-state index contributed by atoms with van der Waals surface area (Å²) in [5.74, 6) is -14.0. The van der Waals surface area contributed by atoms with Crippen molar-refractivity contribution in [3.8, 4) is 5.75 Å². The molecule has 1 aromatic rings. The fourth-order valence-corrected chi connectivity index (χ4v) is 1.39. The highest BCUT2D eigenvalue weighted by molar-refractivity contribution is 5.78. The Balaban J connectivity index is 3.01. The van der Waals surface area contributed by atoms with E-state index in [1.54, 1.807) is 0 Å². The quantitative estimate of drug-likeness (QED) is 0.299. The zero-order valence-corrected chi connectivity index (χ0v) is 10.5. The summed E-state index contributed by atoms with van der Waals surface area (Å²) in [5.41, 5.74) is 5.38. The van der Waals surface area contributed by atoms with E-state index in [0.717, 1.165) is 0 Å². The van der Waals surface area contributed by atoms with Gasteiger partial charge in [-0.05, 0) is 6.42 Å². The number of esters is 1. The summed E-state index contributed by atoms with van der Waals surface area (Å²) >= 11 is 0. The fraction of sp³-hybridized carbons (Fsp3) is 0.417. The minimum Gasteiger partial charge on any atom is -0.419 e. The molecule has 112 valence electrons. The van der Waals surface area contributed by atoms with Crippen molar-refractivity contribution in [3.05, 3.63) is 29.1 Å². The molecule has 1 rings (SSSR count). The number of nitrogens with two attached hydrogens (primary N) is 1. The third-order valence-electron chi connectivity index (χ3n) is 2.54. The van der Waals surface area contributed by atoms with E-state index in [4.69, 9.17) is 5.73 Å². The van der Waals surface area contributed by atoms with Crippen LogP contribution >= 0.6 is 0 Å². The first-order chi connectivity index (χ1) is 9.31. The van der Waals surface area contributed by atoms with Gasteiger partial charge in [0.2, 0.25) is 34.8 Å². The van der Waals surface area contributed by atoms with Crippen molar-refractivity contribution in [2.24, 2.45) is 5.73 Å². The number of carbonyl (C=O) groups is 1. The smallest absolute Gasteiger partial charge is 0.328 e. The van der Waals surface area contributed by atoms with Crippen LogP contribution < -0.4 is 10.5 Å². The van der Waals surface area contributed by atoms with Gasteiger partial charge in [0.25, 0.3) is 0 Å². The van der Waals surface area contributed by atoms with Crippen molar-refractivity contribution in [2.75, 3.05) is 0 Å². The summed E-state index contributed by atoms with van der Waals surface area (Å²) < 4.78 is 69.2. The topological polar surface area (TPSA) is 52.3 Å². The van der Waals surface area contributed by atoms with Crippen LogP contribution in [0.3, 0.4) is 0 Å². The molecule has 0 radical (unpaired) electrons. The lowest BCUT2D eigenvalue weighted by Crippen LogP contribution is -2.34. The number of hydrogen-bond donors (Lipinski definition) is 1. The van der Waals surface area contributed by atoms with Gasteiger partial charge in [-0.1, -0.05) is 19.8 Å². The second-order valence-corrected chi connectivity index (χ2v) is 4.07. The highest BCUT2D eigenvalue weighted by Crippen LogP contribution is 2.29. The van der Waals surface area contributed by atoms with Crippen LogP contribution in [0.2, 0.25) is 0 Å². The lowest BCUT2D eigenvalue weighted by Gasteiger charge is -2.12. The molecule has 0 heterocycles. The highest BCUT2D eigenvalue weighted by atomic mass is 19.2. The number of hydrogen-bond acceptors (Lipinski definition) is 3. The molecule has 0 aliphatic rings. The van der Waals surface area contributed by atoms with Crippen LogP contribution in [-0.4, -0.2) is 12.0 Å². The van der Waals surface area contributed by atoms with E-state index in [1.165, 1.54) is 0 Å². The molecular formula is C12H12F5NO2. The molecule has 0 aliphatic carbocycles. The van der Waals surface area contributed by atoms with E-state index < -0.39 is 46.8 Å². The van der Waals surface area contributed by atoms with Crippen molar-refractivity contribution >= 4 is 5.97 Å². The minimum absolute atomic E-state index is 0.171. The molecule has 0 amide bonds. The van der Waals surface area contributed by atoms with Crippen LogP contribution in [0.1, 0.15) is 26.2 Å². The summed E-state index contributed by atoms with van der Waals surface area (Å²) in [6.45, 7) is 1.82. The first-order valence-electron chi connectivity index (χ1n) is 5.79. The molecule has 1 atom stereocenters. The third kappa shape index (κ3) is 3.24. The molecule has 20 heavy (non-hydrogen) atoms. The Bertz CT molecular complexity index is 492. The lowest BCUT2D eigenvalue weighted by molar-refractivity contribution is -0.136. The monoisotopic (exact) mass is 297 g/mol. The summed E-state index contributed by atoms with van der Waals surface area (Å²) in [6, 6.07) is -1.20. The predicted octanol–water partition coefficient (Wildman–Crippen LogP) is 2.81. The Morgan fingerprint density at radius 2 is 1.50 bits per heavy atom. The second-order valence-electron chi connectivity index (χ2n) is 4.07. The first-order valence-corrected chi connectivity index (χ1v) is 5.79. The zero-order valence-electron chi connectivity index (χ0n) is 10.5. The Morgan fingerprint density at radius 3 is 1.95 bits per heavy atom. The van der Waals surface area contributed by atoms with E-state index >= 15 is 0 Å². The molecule has 0 bridgehead atoms. The predicted molar refractivity (Wildman–Crippen MR) is 59.4 cm³/mol. The number of unbranched alkanes of at least 4 members (excludes halogenated alkanes) is 1. The van der Waals surface area contributed by atoms with Crippen LogP contribution in [0.4, 0.5) is 22.0 Å². The molecule has 8 heteroatoms. The number of benzene rings is 1. The maximum atomic E-state index is 13.2. The Hall–Kier alpha value is -1.70. The van der Waals surface area contributed by atoms with Gasteiger partial charge in [-0.25, -0.2) is 18.0 Å². The molecule has 2 N–H and O–H groups in total. The Labute approximate surface area is 111 Å². The fourth-order valence-electron chi connectivity index (χ4n) is 1.39. The normalized spacial score (nSPS) is 12.3. The van der Waals surface area contributed by atoms with E-state index in [0.29, 0.717) is 12.8 Å². The van der Waals surface area contributed by atoms with Gasteiger partial charge in [0.05, 0.1) is 0 Å². The molecule has 0 aliphatic heterocycles. The van der Waals surface area contributed by atoms with Gasteiger partial charge in [0, 0.05) is 0 Å². The molecule has 0 saturated heterocycles. The van der Waals surface area contributed by atoms with Gasteiger partial charge in [0.15, 0.2) is 0 Å². The molecule has 0 saturated carbocycles. The van der Waals surface area contributed by atoms with Gasteiger partial charge in [-0.3, -0.25) is 0 Å². The number of ether oxygens (including phenoxy) is 1. The van der Waals surface area contributed by atoms with Crippen LogP contribution in [0.5, 0.6) is 5.75 Å². The van der Waals surface area contributed by atoms with E-state index in [9.17, 15) is 26.7 Å². The van der Waals surface area contributed by atoms with Crippen LogP contribution in [0, 0.1) is 29.1 Å². The molecule has 0 aromatic heterocycles. The van der Waals surface area contributed by atoms with E-state index in [1.807, 2.05) is 6.92 Å². The molecule has 1 aromatic carbocycles. The van der Waals surface area contributed by atoms with Crippen molar-refractivity contribution < 1.29 is 31.5 Å². The molecule has 0 fully saturated rings. The minimum atomic E-state index is -2.32. The summed E-state index contributed by atoms with van der Waals surface area (Å²) in [7, 11) is 0. The standard InChI is InChI=1S/C12H12F5NO2/c1-2-3-4-5(18)12(19)20-11-9(16)7(14)6(13)8(15)10(11)17/h5H,2-4,18H2,1H3.